The minimum Gasteiger partial charge on any atom is -0.0671 e. The van der Waals surface area contributed by atoms with Crippen molar-refractivity contribution in [2.24, 2.45) is 0 Å². The van der Waals surface area contributed by atoms with Gasteiger partial charge in [-0.3, -0.25) is 0 Å². The van der Waals surface area contributed by atoms with E-state index in [4.69, 9.17) is 0 Å². The second-order valence-electron chi connectivity index (χ2n) is 4.73. The fourth-order valence-electron chi connectivity index (χ4n) is 1.54. The van der Waals surface area contributed by atoms with Crippen LogP contribution in [0.2, 0.25) is 26.2 Å². The third-order valence-corrected chi connectivity index (χ3v) is 5.68. The average Bonchev–Trinajstić information content (AvgIpc) is 2.41. The molecule has 0 fully saturated rings. The first-order valence-corrected chi connectivity index (χ1v) is 11.3. The molecule has 0 spiro atoms. The second-order valence-corrected chi connectivity index (χ2v) is 9.89. The number of hydrogen-bond acceptors (Lipinski definition) is 0. The summed E-state index contributed by atoms with van der Waals surface area (Å²) >= 11 is 0. The topological polar surface area (TPSA) is 0 Å². The predicted octanol–water partition coefficient (Wildman–Crippen LogP) is 0.298. The van der Waals surface area contributed by atoms with E-state index in [0.717, 1.165) is 0 Å². The summed E-state index contributed by atoms with van der Waals surface area (Å²) in [6, 6.07) is 21.4. The van der Waals surface area contributed by atoms with Gasteiger partial charge in [0, 0.05) is 17.1 Å². The van der Waals surface area contributed by atoms with E-state index in [1.165, 1.54) is 10.4 Å². The standard InChI is InChI=1S/2C8H11Si.Cu.Li/c2*1-9(2)8-6-4-3-5-7-8;;/h2*3-7H,1-2H3;;/q;;;+1. The van der Waals surface area contributed by atoms with Gasteiger partial charge in [0.05, 0.1) is 17.6 Å². The molecule has 3 radical (unpaired) electrons. The smallest absolute Gasteiger partial charge is 0.0671 e. The molecular weight excluding hydrogens is 319 g/mol. The maximum absolute atomic E-state index is 2.31. The third-order valence-electron chi connectivity index (χ3n) is 2.70. The molecule has 0 aromatic heterocycles. The van der Waals surface area contributed by atoms with Crippen LogP contribution in [0, 0.1) is 0 Å². The van der Waals surface area contributed by atoms with Crippen LogP contribution in [0.15, 0.2) is 60.7 Å². The first-order chi connectivity index (χ1) is 8.61. The maximum Gasteiger partial charge on any atom is 1.00 e. The van der Waals surface area contributed by atoms with E-state index in [0.29, 0.717) is 0 Å². The van der Waals surface area contributed by atoms with Gasteiger partial charge in [0.25, 0.3) is 0 Å². The van der Waals surface area contributed by atoms with Crippen molar-refractivity contribution in [1.29, 1.82) is 0 Å². The van der Waals surface area contributed by atoms with Crippen LogP contribution in [-0.2, 0) is 17.1 Å². The van der Waals surface area contributed by atoms with Gasteiger partial charge in [-0.1, -0.05) is 97.2 Å². The molecule has 0 saturated heterocycles. The Labute approximate surface area is 150 Å². The van der Waals surface area contributed by atoms with E-state index in [9.17, 15) is 0 Å². The van der Waals surface area contributed by atoms with Gasteiger partial charge in [0.1, 0.15) is 0 Å². The first kappa shape index (κ1) is 22.3. The largest absolute Gasteiger partial charge is 1.00 e. The Morgan fingerprint density at radius 1 is 0.550 bits per heavy atom. The van der Waals surface area contributed by atoms with Crippen LogP contribution in [0.25, 0.3) is 0 Å². The van der Waals surface area contributed by atoms with Crippen molar-refractivity contribution in [3.63, 3.8) is 0 Å². The van der Waals surface area contributed by atoms with Crippen LogP contribution in [0.5, 0.6) is 0 Å². The van der Waals surface area contributed by atoms with Gasteiger partial charge in [-0.2, -0.15) is 0 Å². The van der Waals surface area contributed by atoms with E-state index in [1.807, 2.05) is 0 Å². The average molecular weight is 341 g/mol. The van der Waals surface area contributed by atoms with Gasteiger partial charge in [-0.05, 0) is 0 Å². The van der Waals surface area contributed by atoms with E-state index in [2.05, 4.69) is 86.9 Å². The Morgan fingerprint density at radius 2 is 0.800 bits per heavy atom. The Hall–Kier alpha value is -0.00935. The fourth-order valence-corrected chi connectivity index (χ4v) is 3.26. The summed E-state index contributed by atoms with van der Waals surface area (Å²) in [5.41, 5.74) is 0. The molecule has 105 valence electrons. The third kappa shape index (κ3) is 9.02. The molecule has 0 amide bonds. The van der Waals surface area contributed by atoms with Crippen LogP contribution in [0.1, 0.15) is 0 Å². The van der Waals surface area contributed by atoms with Gasteiger partial charge in [0.2, 0.25) is 0 Å². The summed E-state index contributed by atoms with van der Waals surface area (Å²) in [5.74, 6) is 0. The van der Waals surface area contributed by atoms with Gasteiger partial charge in [0.15, 0.2) is 0 Å². The summed E-state index contributed by atoms with van der Waals surface area (Å²) in [5, 5.41) is 3.03. The molecule has 0 heterocycles. The van der Waals surface area contributed by atoms with Gasteiger partial charge in [-0.25, -0.2) is 0 Å². The molecule has 2 rings (SSSR count). The molecule has 0 saturated carbocycles. The van der Waals surface area contributed by atoms with Crippen molar-refractivity contribution >= 4 is 28.0 Å². The summed E-state index contributed by atoms with van der Waals surface area (Å²) in [6.45, 7) is 9.22. The quantitative estimate of drug-likeness (QED) is 0.690. The molecule has 0 nitrogen and oxygen atoms in total. The molecule has 2 aromatic rings. The monoisotopic (exact) mass is 340 g/mol. The van der Waals surface area contributed by atoms with Crippen LogP contribution < -0.4 is 29.2 Å². The number of benzene rings is 2. The molecule has 2 aromatic carbocycles. The van der Waals surface area contributed by atoms with Gasteiger partial charge >= 0.3 is 18.9 Å². The van der Waals surface area contributed by atoms with Crippen molar-refractivity contribution in [2.75, 3.05) is 0 Å². The fraction of sp³-hybridized carbons (Fsp3) is 0.250. The van der Waals surface area contributed by atoms with E-state index >= 15 is 0 Å². The maximum atomic E-state index is 2.31. The molecule has 20 heavy (non-hydrogen) atoms. The van der Waals surface area contributed by atoms with Gasteiger partial charge in [-0.15, -0.1) is 0 Å². The van der Waals surface area contributed by atoms with Crippen LogP contribution in [0.4, 0.5) is 0 Å². The Kier molecular flexibility index (Phi) is 14.2. The summed E-state index contributed by atoms with van der Waals surface area (Å²) in [7, 11) is -0.424. The molecule has 0 bridgehead atoms. The molecule has 4 heteroatoms. The predicted molar refractivity (Wildman–Crippen MR) is 87.1 cm³/mol. The zero-order valence-electron chi connectivity index (χ0n) is 13.1. The van der Waals surface area contributed by atoms with E-state index in [-0.39, 0.29) is 53.5 Å². The summed E-state index contributed by atoms with van der Waals surface area (Å²) in [6.07, 6.45) is 0. The second kappa shape index (κ2) is 12.7. The summed E-state index contributed by atoms with van der Waals surface area (Å²) in [4.78, 5) is 0. The van der Waals surface area contributed by atoms with Crippen molar-refractivity contribution in [1.82, 2.24) is 0 Å². The molecule has 0 aliphatic heterocycles. The van der Waals surface area contributed by atoms with Crippen LogP contribution in [-0.4, -0.2) is 17.6 Å². The number of rotatable bonds is 2. The minimum atomic E-state index is -0.212. The Morgan fingerprint density at radius 3 is 0.950 bits per heavy atom. The van der Waals surface area contributed by atoms with Crippen molar-refractivity contribution < 1.29 is 35.9 Å². The number of hydrogen-bond donors (Lipinski definition) is 0. The molecular formula is C16H22CuLiSi2+. The van der Waals surface area contributed by atoms with E-state index < -0.39 is 0 Å². The van der Waals surface area contributed by atoms with Crippen molar-refractivity contribution in [3.05, 3.63) is 60.7 Å². The van der Waals surface area contributed by atoms with Crippen molar-refractivity contribution in [2.45, 2.75) is 26.2 Å². The Bertz CT molecular complexity index is 389. The molecule has 0 atom stereocenters. The van der Waals surface area contributed by atoms with E-state index in [1.54, 1.807) is 0 Å². The van der Waals surface area contributed by atoms with Crippen LogP contribution >= 0.6 is 0 Å². The van der Waals surface area contributed by atoms with Crippen molar-refractivity contribution in [3.8, 4) is 0 Å². The van der Waals surface area contributed by atoms with Gasteiger partial charge < -0.3 is 0 Å². The zero-order valence-corrected chi connectivity index (χ0v) is 16.0. The molecule has 0 unspecified atom stereocenters. The molecule has 0 aliphatic rings. The summed E-state index contributed by atoms with van der Waals surface area (Å²) < 4.78 is 0. The normalized spacial score (nSPS) is 9.10. The SMILES string of the molecule is C[Si](C)c1ccccc1.C[Si](C)c1ccccc1.[Cu].[Li+]. The molecule has 0 N–H and O–H groups in total. The zero-order chi connectivity index (χ0) is 13.4. The minimum absolute atomic E-state index is 0. The first-order valence-electron chi connectivity index (χ1n) is 6.32. The molecule has 0 aliphatic carbocycles. The van der Waals surface area contributed by atoms with Crippen LogP contribution in [0.3, 0.4) is 0 Å². The Balaban J connectivity index is 0.